The maximum Gasteiger partial charge on any atom is 0.459 e. The number of hydrogen-bond donors (Lipinski definition) is 1. The number of carbonyl (C=O) groups excluding carboxylic acids is 3. The van der Waals surface area contributed by atoms with E-state index in [1.165, 1.54) is 13.8 Å². The maximum absolute atomic E-state index is 14.1. The molecule has 0 atom stereocenters. The number of methoxy groups -OCH3 is 1. The van der Waals surface area contributed by atoms with Crippen LogP contribution >= 0.6 is 11.3 Å². The molecule has 0 aliphatic heterocycles. The van der Waals surface area contributed by atoms with Gasteiger partial charge in [0.1, 0.15) is 15.6 Å². The lowest BCUT2D eigenvalue weighted by Crippen LogP contribution is -2.36. The number of rotatable bonds is 7. The van der Waals surface area contributed by atoms with Crippen molar-refractivity contribution >= 4 is 39.8 Å². The van der Waals surface area contributed by atoms with Crippen LogP contribution in [-0.2, 0) is 15.4 Å². The quantitative estimate of drug-likeness (QED) is 0.346. The van der Waals surface area contributed by atoms with Crippen LogP contribution in [0.2, 0.25) is 0 Å². The second-order valence-electron chi connectivity index (χ2n) is 7.50. The highest BCUT2D eigenvalue weighted by atomic mass is 32.1. The standard InChI is InChI=1S/C21H19F5N4O5S/c1-5-6-35-18(32)14-10(3)15(19(33)34-4)36-17(14)28-16(31)11-8-13-27-9(2)7-12(30(13)29-11)20(22,23)21(24,25)26/h7-8H,5-6H2,1-4H3,(H,28,31). The van der Waals surface area contributed by atoms with Crippen LogP contribution in [0.25, 0.3) is 5.65 Å². The number of aryl methyl sites for hydroxylation is 1. The highest BCUT2D eigenvalue weighted by Crippen LogP contribution is 2.44. The van der Waals surface area contributed by atoms with E-state index in [2.05, 4.69) is 20.1 Å². The normalized spacial score (nSPS) is 12.0. The Hall–Kier alpha value is -3.62. The fraction of sp³-hybridized carbons (Fsp3) is 0.381. The topological polar surface area (TPSA) is 112 Å². The van der Waals surface area contributed by atoms with E-state index in [4.69, 9.17) is 4.74 Å². The number of alkyl halides is 5. The second-order valence-corrected chi connectivity index (χ2v) is 8.52. The minimum absolute atomic E-state index is 0.00403. The molecule has 0 aromatic carbocycles. The zero-order valence-corrected chi connectivity index (χ0v) is 20.1. The molecule has 9 nitrogen and oxygen atoms in total. The summed E-state index contributed by atoms with van der Waals surface area (Å²) in [6.45, 7) is 4.46. The zero-order chi connectivity index (χ0) is 27.0. The molecule has 3 aromatic rings. The predicted molar refractivity (Wildman–Crippen MR) is 117 cm³/mol. The van der Waals surface area contributed by atoms with Gasteiger partial charge >= 0.3 is 24.0 Å². The van der Waals surface area contributed by atoms with Gasteiger partial charge in [-0.15, -0.1) is 11.3 Å². The average molecular weight is 534 g/mol. The van der Waals surface area contributed by atoms with Crippen LogP contribution in [-0.4, -0.2) is 52.3 Å². The van der Waals surface area contributed by atoms with Gasteiger partial charge in [-0.05, 0) is 31.9 Å². The van der Waals surface area contributed by atoms with Crippen LogP contribution in [0.4, 0.5) is 27.0 Å². The lowest BCUT2D eigenvalue weighted by Gasteiger charge is -2.20. The van der Waals surface area contributed by atoms with Crippen LogP contribution in [0, 0.1) is 13.8 Å². The Labute approximate surface area is 204 Å². The fourth-order valence-electron chi connectivity index (χ4n) is 3.15. The molecule has 0 saturated carbocycles. The number of esters is 2. The predicted octanol–water partition coefficient (Wildman–Crippen LogP) is 4.67. The SMILES string of the molecule is CCCOC(=O)c1c(NC(=O)c2cc3nc(C)cc(C(F)(F)C(F)(F)F)n3n2)sc(C(=O)OC)c1C. The molecule has 36 heavy (non-hydrogen) atoms. The first-order valence-corrected chi connectivity index (χ1v) is 11.1. The number of halogens is 5. The van der Waals surface area contributed by atoms with E-state index < -0.39 is 47.0 Å². The first-order chi connectivity index (χ1) is 16.7. The molecule has 0 saturated heterocycles. The van der Waals surface area contributed by atoms with Gasteiger partial charge in [0, 0.05) is 11.8 Å². The van der Waals surface area contributed by atoms with Gasteiger partial charge in [-0.25, -0.2) is 19.1 Å². The number of amides is 1. The molecule has 0 fully saturated rings. The number of carbonyl (C=O) groups is 3. The van der Waals surface area contributed by atoms with E-state index in [-0.39, 0.29) is 37.8 Å². The highest BCUT2D eigenvalue weighted by molar-refractivity contribution is 7.18. The number of nitrogens with one attached hydrogen (secondary N) is 1. The first kappa shape index (κ1) is 27.0. The lowest BCUT2D eigenvalue weighted by molar-refractivity contribution is -0.291. The van der Waals surface area contributed by atoms with Gasteiger partial charge in [0.05, 0.1) is 19.3 Å². The minimum atomic E-state index is -5.92. The summed E-state index contributed by atoms with van der Waals surface area (Å²) in [7, 11) is 1.12. The Bertz CT molecular complexity index is 1350. The molecule has 1 N–H and O–H groups in total. The zero-order valence-electron chi connectivity index (χ0n) is 19.2. The van der Waals surface area contributed by atoms with Crippen molar-refractivity contribution in [3.05, 3.63) is 45.2 Å². The van der Waals surface area contributed by atoms with Crippen LogP contribution < -0.4 is 5.32 Å². The third-order valence-electron chi connectivity index (χ3n) is 4.85. The maximum atomic E-state index is 14.1. The molecule has 194 valence electrons. The van der Waals surface area contributed by atoms with E-state index >= 15 is 0 Å². The Morgan fingerprint density at radius 2 is 1.78 bits per heavy atom. The number of ether oxygens (including phenoxy) is 2. The van der Waals surface area contributed by atoms with E-state index in [1.54, 1.807) is 6.92 Å². The molecule has 0 spiro atoms. The Morgan fingerprint density at radius 1 is 1.11 bits per heavy atom. The molecule has 3 heterocycles. The number of anilines is 1. The molecule has 0 radical (unpaired) electrons. The van der Waals surface area contributed by atoms with Gasteiger partial charge in [-0.2, -0.15) is 27.1 Å². The molecule has 0 aliphatic rings. The fourth-order valence-corrected chi connectivity index (χ4v) is 4.26. The van der Waals surface area contributed by atoms with Gasteiger partial charge < -0.3 is 14.8 Å². The molecular formula is C21H19F5N4O5S. The molecule has 0 unspecified atom stereocenters. The Balaban J connectivity index is 2.06. The minimum Gasteiger partial charge on any atom is -0.465 e. The van der Waals surface area contributed by atoms with Crippen molar-refractivity contribution in [1.82, 2.24) is 14.6 Å². The van der Waals surface area contributed by atoms with Crippen LogP contribution in [0.5, 0.6) is 0 Å². The molecule has 3 rings (SSSR count). The van der Waals surface area contributed by atoms with E-state index in [0.717, 1.165) is 13.2 Å². The molecule has 0 bridgehead atoms. The van der Waals surface area contributed by atoms with Crippen molar-refractivity contribution in [2.45, 2.75) is 39.3 Å². The molecule has 3 aromatic heterocycles. The summed E-state index contributed by atoms with van der Waals surface area (Å²) in [6, 6.07) is 1.43. The average Bonchev–Trinajstić information content (AvgIpc) is 3.36. The molecular weight excluding hydrogens is 515 g/mol. The lowest BCUT2D eigenvalue weighted by atomic mass is 10.1. The number of nitrogens with zero attached hydrogens (tertiary/aromatic N) is 3. The van der Waals surface area contributed by atoms with E-state index in [9.17, 15) is 36.3 Å². The van der Waals surface area contributed by atoms with Crippen LogP contribution in [0.3, 0.4) is 0 Å². The summed E-state index contributed by atoms with van der Waals surface area (Å²) in [5.41, 5.74) is -2.65. The van der Waals surface area contributed by atoms with Crippen LogP contribution in [0.1, 0.15) is 60.8 Å². The third kappa shape index (κ3) is 4.87. The smallest absolute Gasteiger partial charge is 0.459 e. The summed E-state index contributed by atoms with van der Waals surface area (Å²) < 4.78 is 77.3. The summed E-state index contributed by atoms with van der Waals surface area (Å²) in [5.74, 6) is -7.96. The molecule has 0 aliphatic carbocycles. The van der Waals surface area contributed by atoms with Crippen molar-refractivity contribution in [2.24, 2.45) is 0 Å². The summed E-state index contributed by atoms with van der Waals surface area (Å²) in [5, 5.41) is 5.82. The second kappa shape index (κ2) is 9.79. The van der Waals surface area contributed by atoms with Gasteiger partial charge in [0.2, 0.25) is 0 Å². The third-order valence-corrected chi connectivity index (χ3v) is 6.04. The van der Waals surface area contributed by atoms with Gasteiger partial charge in [0.15, 0.2) is 11.3 Å². The monoisotopic (exact) mass is 534 g/mol. The van der Waals surface area contributed by atoms with Gasteiger partial charge in [0.25, 0.3) is 5.91 Å². The largest absolute Gasteiger partial charge is 0.465 e. The van der Waals surface area contributed by atoms with Gasteiger partial charge in [-0.3, -0.25) is 4.79 Å². The first-order valence-electron chi connectivity index (χ1n) is 10.3. The number of hydrogen-bond acceptors (Lipinski definition) is 8. The number of aromatic nitrogens is 3. The van der Waals surface area contributed by atoms with Crippen molar-refractivity contribution in [3.8, 4) is 0 Å². The Kier molecular flexibility index (Phi) is 7.34. The molecule has 1 amide bonds. The van der Waals surface area contributed by atoms with Crippen molar-refractivity contribution in [2.75, 3.05) is 19.0 Å². The number of fused-ring (bicyclic) bond motifs is 1. The van der Waals surface area contributed by atoms with E-state index in [0.29, 0.717) is 23.8 Å². The summed E-state index contributed by atoms with van der Waals surface area (Å²) >= 11 is 0.697. The molecule has 15 heteroatoms. The Morgan fingerprint density at radius 3 is 2.36 bits per heavy atom. The summed E-state index contributed by atoms with van der Waals surface area (Å²) in [6.07, 6.45) is -5.42. The van der Waals surface area contributed by atoms with Crippen molar-refractivity contribution in [3.63, 3.8) is 0 Å². The highest BCUT2D eigenvalue weighted by Gasteiger charge is 2.60. The van der Waals surface area contributed by atoms with E-state index in [1.807, 2.05) is 0 Å². The van der Waals surface area contributed by atoms with Crippen LogP contribution in [0.15, 0.2) is 12.1 Å². The number of thiophene rings is 1. The summed E-state index contributed by atoms with van der Waals surface area (Å²) in [4.78, 5) is 41.4. The van der Waals surface area contributed by atoms with Crippen molar-refractivity contribution < 1.29 is 45.8 Å². The van der Waals surface area contributed by atoms with Gasteiger partial charge in [-0.1, -0.05) is 6.92 Å². The van der Waals surface area contributed by atoms with Crippen molar-refractivity contribution in [1.29, 1.82) is 0 Å².